The molecule has 0 aliphatic rings. The van der Waals surface area contributed by atoms with Crippen LogP contribution in [0.5, 0.6) is 11.5 Å². The molecule has 5 N–H and O–H groups in total. The minimum atomic E-state index is -0.254. The molecule has 0 aliphatic carbocycles. The molecule has 0 spiro atoms. The smallest absolute Gasteiger partial charge is 0.127 e. The normalized spacial score (nSPS) is 11.6. The molecule has 1 rings (SSSR count). The maximum absolute atomic E-state index is 9.17. The van der Waals surface area contributed by atoms with Gasteiger partial charge in [0.25, 0.3) is 0 Å². The molecule has 0 fully saturated rings. The van der Waals surface area contributed by atoms with E-state index in [1.54, 1.807) is 12.1 Å². The zero-order valence-corrected chi connectivity index (χ0v) is 8.75. The highest BCUT2D eigenvalue weighted by molar-refractivity contribution is 5.85. The Labute approximate surface area is 89.3 Å². The van der Waals surface area contributed by atoms with Crippen LogP contribution in [0.4, 0.5) is 0 Å². The van der Waals surface area contributed by atoms with Crippen molar-refractivity contribution in [1.82, 2.24) is 0 Å². The van der Waals surface area contributed by atoms with E-state index < -0.39 is 0 Å². The third kappa shape index (κ3) is 2.77. The van der Waals surface area contributed by atoms with Crippen molar-refractivity contribution in [3.8, 4) is 11.5 Å². The lowest BCUT2D eigenvalue weighted by Gasteiger charge is -2.13. The van der Waals surface area contributed by atoms with E-state index in [0.717, 1.165) is 5.56 Å². The van der Waals surface area contributed by atoms with E-state index >= 15 is 0 Å². The monoisotopic (exact) mass is 218 g/mol. The second-order valence-corrected chi connectivity index (χ2v) is 2.77. The molecule has 14 heavy (non-hydrogen) atoms. The van der Waals surface area contributed by atoms with E-state index in [1.807, 2.05) is 0 Å². The van der Waals surface area contributed by atoms with Crippen LogP contribution in [0.25, 0.3) is 0 Å². The van der Waals surface area contributed by atoms with Crippen molar-refractivity contribution in [3.63, 3.8) is 0 Å². The molecule has 0 saturated carbocycles. The molecule has 0 aliphatic heterocycles. The summed E-state index contributed by atoms with van der Waals surface area (Å²) in [5, 5.41) is 9.17. The predicted octanol–water partition coefficient (Wildman–Crippen LogP) is 0.781. The molecule has 0 amide bonds. The topological polar surface area (TPSA) is 81.5 Å². The lowest BCUT2D eigenvalue weighted by molar-refractivity contribution is 0.399. The molecule has 0 bridgehead atoms. The van der Waals surface area contributed by atoms with E-state index in [4.69, 9.17) is 16.2 Å². The minimum absolute atomic E-state index is 0. The zero-order valence-electron chi connectivity index (χ0n) is 7.93. The number of halogens is 1. The Morgan fingerprint density at radius 1 is 1.50 bits per heavy atom. The number of nitrogens with two attached hydrogens (primary N) is 2. The third-order valence-corrected chi connectivity index (χ3v) is 1.87. The second-order valence-electron chi connectivity index (χ2n) is 2.77. The van der Waals surface area contributed by atoms with Gasteiger partial charge in [-0.1, -0.05) is 6.07 Å². The van der Waals surface area contributed by atoms with Gasteiger partial charge in [0.05, 0.1) is 7.11 Å². The van der Waals surface area contributed by atoms with Gasteiger partial charge in [-0.2, -0.15) is 0 Å². The Balaban J connectivity index is 0.00000169. The van der Waals surface area contributed by atoms with Gasteiger partial charge in [-0.3, -0.25) is 0 Å². The van der Waals surface area contributed by atoms with Crippen molar-refractivity contribution in [3.05, 3.63) is 23.8 Å². The first-order chi connectivity index (χ1) is 6.19. The fourth-order valence-electron chi connectivity index (χ4n) is 1.13. The summed E-state index contributed by atoms with van der Waals surface area (Å²) in [6.45, 7) is 0.348. The molecule has 1 aromatic rings. The van der Waals surface area contributed by atoms with E-state index in [2.05, 4.69) is 0 Å². The number of hydrogen-bond donors (Lipinski definition) is 3. The summed E-state index contributed by atoms with van der Waals surface area (Å²) in [5.74, 6) is 0.725. The second kappa shape index (κ2) is 5.70. The molecular formula is C9H15ClN2O2. The van der Waals surface area contributed by atoms with Crippen LogP contribution in [0.15, 0.2) is 18.2 Å². The third-order valence-electron chi connectivity index (χ3n) is 1.87. The number of aromatic hydroxyl groups is 1. The first kappa shape index (κ1) is 13.0. The van der Waals surface area contributed by atoms with Gasteiger partial charge in [0.2, 0.25) is 0 Å². The Morgan fingerprint density at radius 3 is 2.64 bits per heavy atom. The van der Waals surface area contributed by atoms with Crippen molar-refractivity contribution in [2.24, 2.45) is 11.5 Å². The van der Waals surface area contributed by atoms with Crippen LogP contribution in [0.2, 0.25) is 0 Å². The first-order valence-corrected chi connectivity index (χ1v) is 4.01. The van der Waals surface area contributed by atoms with Gasteiger partial charge in [-0.05, 0) is 6.07 Å². The van der Waals surface area contributed by atoms with Crippen LogP contribution in [0.1, 0.15) is 11.6 Å². The predicted molar refractivity (Wildman–Crippen MR) is 57.9 cm³/mol. The Morgan fingerprint density at radius 2 is 2.14 bits per heavy atom. The summed E-state index contributed by atoms with van der Waals surface area (Å²) in [6, 6.07) is 4.54. The maximum Gasteiger partial charge on any atom is 0.127 e. The quantitative estimate of drug-likeness (QED) is 0.701. The molecule has 0 unspecified atom stereocenters. The molecule has 0 saturated heterocycles. The molecule has 1 atom stereocenters. The van der Waals surface area contributed by atoms with Gasteiger partial charge in [-0.15, -0.1) is 12.4 Å². The van der Waals surface area contributed by atoms with Gasteiger partial charge in [0, 0.05) is 24.2 Å². The fraction of sp³-hybridized carbons (Fsp3) is 0.333. The highest BCUT2D eigenvalue weighted by Crippen LogP contribution is 2.27. The SMILES string of the molecule is COc1cc(O)ccc1[C@@H](N)CN.Cl. The molecule has 5 heteroatoms. The van der Waals surface area contributed by atoms with Crippen molar-refractivity contribution >= 4 is 12.4 Å². The molecule has 0 heterocycles. The van der Waals surface area contributed by atoms with Gasteiger partial charge in [0.15, 0.2) is 0 Å². The van der Waals surface area contributed by atoms with Crippen molar-refractivity contribution in [2.75, 3.05) is 13.7 Å². The molecule has 4 nitrogen and oxygen atoms in total. The number of benzene rings is 1. The lowest BCUT2D eigenvalue weighted by atomic mass is 10.1. The fourth-order valence-corrected chi connectivity index (χ4v) is 1.13. The summed E-state index contributed by atoms with van der Waals surface area (Å²) in [4.78, 5) is 0. The summed E-state index contributed by atoms with van der Waals surface area (Å²) in [5.41, 5.74) is 12.0. The zero-order chi connectivity index (χ0) is 9.84. The Kier molecular flexibility index (Phi) is 5.30. The van der Waals surface area contributed by atoms with E-state index in [0.29, 0.717) is 12.3 Å². The molecule has 1 aromatic carbocycles. The average molecular weight is 219 g/mol. The summed E-state index contributed by atoms with van der Waals surface area (Å²) in [7, 11) is 1.53. The minimum Gasteiger partial charge on any atom is -0.508 e. The number of phenolic OH excluding ortho intramolecular Hbond substituents is 1. The first-order valence-electron chi connectivity index (χ1n) is 4.01. The van der Waals surface area contributed by atoms with Crippen molar-refractivity contribution < 1.29 is 9.84 Å². The van der Waals surface area contributed by atoms with E-state index in [9.17, 15) is 5.11 Å². The largest absolute Gasteiger partial charge is 0.508 e. The highest BCUT2D eigenvalue weighted by atomic mass is 35.5. The van der Waals surface area contributed by atoms with Crippen molar-refractivity contribution in [1.29, 1.82) is 0 Å². The highest BCUT2D eigenvalue weighted by Gasteiger charge is 2.10. The van der Waals surface area contributed by atoms with Gasteiger partial charge < -0.3 is 21.3 Å². The maximum atomic E-state index is 9.17. The van der Waals surface area contributed by atoms with Crippen LogP contribution in [-0.2, 0) is 0 Å². The van der Waals surface area contributed by atoms with E-state index in [1.165, 1.54) is 13.2 Å². The summed E-state index contributed by atoms with van der Waals surface area (Å²) in [6.07, 6.45) is 0. The van der Waals surface area contributed by atoms with Gasteiger partial charge in [0.1, 0.15) is 11.5 Å². The standard InChI is InChI=1S/C9H14N2O2.ClH/c1-13-9-4-6(12)2-3-7(9)8(11)5-10;/h2-4,8,12H,5,10-11H2,1H3;1H/t8-;/m0./s1. The number of rotatable bonds is 3. The van der Waals surface area contributed by atoms with Crippen LogP contribution >= 0.6 is 12.4 Å². The summed E-state index contributed by atoms with van der Waals surface area (Å²) < 4.78 is 5.05. The molecule has 0 radical (unpaired) electrons. The Hall–Kier alpha value is -0.970. The number of methoxy groups -OCH3 is 1. The van der Waals surface area contributed by atoms with Gasteiger partial charge >= 0.3 is 0 Å². The molecule has 80 valence electrons. The van der Waals surface area contributed by atoms with Gasteiger partial charge in [-0.25, -0.2) is 0 Å². The van der Waals surface area contributed by atoms with Crippen LogP contribution in [0.3, 0.4) is 0 Å². The molecule has 0 aromatic heterocycles. The number of ether oxygens (including phenoxy) is 1. The number of hydrogen-bond acceptors (Lipinski definition) is 4. The lowest BCUT2D eigenvalue weighted by Crippen LogP contribution is -2.21. The Bertz CT molecular complexity index is 294. The van der Waals surface area contributed by atoms with E-state index in [-0.39, 0.29) is 24.2 Å². The van der Waals surface area contributed by atoms with Crippen LogP contribution in [0, 0.1) is 0 Å². The van der Waals surface area contributed by atoms with Crippen LogP contribution < -0.4 is 16.2 Å². The summed E-state index contributed by atoms with van der Waals surface area (Å²) >= 11 is 0. The van der Waals surface area contributed by atoms with Crippen molar-refractivity contribution in [2.45, 2.75) is 6.04 Å². The molecular weight excluding hydrogens is 204 g/mol. The number of phenols is 1. The van der Waals surface area contributed by atoms with Crippen LogP contribution in [-0.4, -0.2) is 18.8 Å². The average Bonchev–Trinajstić information content (AvgIpc) is 2.16.